The van der Waals surface area contributed by atoms with E-state index in [-0.39, 0.29) is 0 Å². The van der Waals surface area contributed by atoms with Gasteiger partial charge in [-0.2, -0.15) is 0 Å². The number of aromatic nitrogens is 5. The predicted molar refractivity (Wildman–Crippen MR) is 246 cm³/mol. The van der Waals surface area contributed by atoms with E-state index < -0.39 is 0 Å². The van der Waals surface area contributed by atoms with Crippen LogP contribution in [0.5, 0.6) is 11.5 Å². The zero-order valence-corrected chi connectivity index (χ0v) is 35.1. The average Bonchev–Trinajstić information content (AvgIpc) is 3.92. The maximum Gasteiger partial charge on any atom is 0.146 e. The Bertz CT molecular complexity index is 3210. The van der Waals surface area contributed by atoms with Gasteiger partial charge in [-0.25, -0.2) is 15.0 Å². The van der Waals surface area contributed by atoms with E-state index in [1.807, 2.05) is 24.7 Å². The fourth-order valence-corrected chi connectivity index (χ4v) is 9.49. The number of benzene rings is 5. The van der Waals surface area contributed by atoms with Gasteiger partial charge in [-0.15, -0.1) is 0 Å². The van der Waals surface area contributed by atoms with Crippen LogP contribution in [0.2, 0.25) is 0 Å². The van der Waals surface area contributed by atoms with Crippen LogP contribution in [0, 0.1) is 0 Å². The SMILES string of the molecule is CC(C)c1cccc(C(C)C)c1-c1cccc2c1c1ccc(Oc3ccc4c5cccnc5n5c(-c6c(C(C)C)cccc6C(C)C)cnc5c4c3)cc1c1nccn21. The first-order valence-corrected chi connectivity index (χ1v) is 21.0. The second-order valence-corrected chi connectivity index (χ2v) is 17.3. The highest BCUT2D eigenvalue weighted by molar-refractivity contribution is 6.18. The van der Waals surface area contributed by atoms with Gasteiger partial charge < -0.3 is 4.74 Å². The molecule has 0 atom stereocenters. The third-order valence-electron chi connectivity index (χ3n) is 12.2. The first kappa shape index (κ1) is 36.8. The van der Waals surface area contributed by atoms with Crippen LogP contribution in [-0.2, 0) is 0 Å². The van der Waals surface area contributed by atoms with Crippen molar-refractivity contribution in [3.8, 4) is 33.9 Å². The molecule has 0 fully saturated rings. The normalized spacial score (nSPS) is 12.3. The fraction of sp³-hybridized carbons (Fsp3) is 0.226. The minimum absolute atomic E-state index is 0.344. The standard InChI is InChI=1S/C53H49N5O/c1-30(2)36-13-9-14-37(31(3)4)48(36)43-17-11-19-46-50(43)41-23-21-35(28-45(41)51-55-25-26-57(46)51)59-34-20-22-40-42-18-12-24-54-52(42)58-47(29-56-53(58)44(40)27-34)49-38(32(5)6)15-10-16-39(49)33(7)8/h9-33H,1-8H3. The molecule has 5 heterocycles. The highest BCUT2D eigenvalue weighted by Gasteiger charge is 2.23. The lowest BCUT2D eigenvalue weighted by Crippen LogP contribution is -2.03. The van der Waals surface area contributed by atoms with Gasteiger partial charge in [0.2, 0.25) is 0 Å². The molecule has 5 aromatic carbocycles. The Hall–Kier alpha value is -6.53. The van der Waals surface area contributed by atoms with Crippen LogP contribution in [0.15, 0.2) is 128 Å². The molecule has 0 radical (unpaired) electrons. The molecule has 0 saturated carbocycles. The van der Waals surface area contributed by atoms with Gasteiger partial charge >= 0.3 is 0 Å². The fourth-order valence-electron chi connectivity index (χ4n) is 9.49. The molecule has 10 rings (SSSR count). The first-order valence-electron chi connectivity index (χ1n) is 21.0. The average molecular weight is 772 g/mol. The van der Waals surface area contributed by atoms with E-state index in [0.29, 0.717) is 23.7 Å². The highest BCUT2D eigenvalue weighted by atomic mass is 16.5. The van der Waals surface area contributed by atoms with Crippen LogP contribution in [0.25, 0.3) is 77.2 Å². The lowest BCUT2D eigenvalue weighted by Gasteiger charge is -2.22. The summed E-state index contributed by atoms with van der Waals surface area (Å²) in [7, 11) is 0. The van der Waals surface area contributed by atoms with Crippen molar-refractivity contribution in [2.45, 2.75) is 79.1 Å². The van der Waals surface area contributed by atoms with E-state index >= 15 is 0 Å². The molecule has 59 heavy (non-hydrogen) atoms. The number of nitrogens with zero attached hydrogens (tertiary/aromatic N) is 5. The summed E-state index contributed by atoms with van der Waals surface area (Å²) < 4.78 is 11.3. The van der Waals surface area contributed by atoms with Gasteiger partial charge in [0.1, 0.15) is 28.4 Å². The number of imidazole rings is 2. The lowest BCUT2D eigenvalue weighted by atomic mass is 9.83. The summed E-state index contributed by atoms with van der Waals surface area (Å²) in [5, 5.41) is 6.59. The van der Waals surface area contributed by atoms with Crippen LogP contribution in [0.1, 0.15) is 101 Å². The molecule has 0 spiro atoms. The van der Waals surface area contributed by atoms with Gasteiger partial charge in [-0.1, -0.05) is 104 Å². The zero-order valence-electron chi connectivity index (χ0n) is 35.1. The maximum atomic E-state index is 6.81. The molecular formula is C53H49N5O. The van der Waals surface area contributed by atoms with Gasteiger partial charge in [-0.05, 0) is 122 Å². The third-order valence-corrected chi connectivity index (χ3v) is 12.2. The smallest absolute Gasteiger partial charge is 0.146 e. The Morgan fingerprint density at radius 2 is 1.03 bits per heavy atom. The second-order valence-electron chi connectivity index (χ2n) is 17.3. The summed E-state index contributed by atoms with van der Waals surface area (Å²) in [6.45, 7) is 18.2. The quantitative estimate of drug-likeness (QED) is 0.144. The van der Waals surface area contributed by atoms with Crippen molar-refractivity contribution in [3.63, 3.8) is 0 Å². The predicted octanol–water partition coefficient (Wildman–Crippen LogP) is 14.6. The summed E-state index contributed by atoms with van der Waals surface area (Å²) in [6.07, 6.45) is 7.88. The molecule has 0 bridgehead atoms. The molecule has 6 nitrogen and oxygen atoms in total. The van der Waals surface area contributed by atoms with E-state index in [0.717, 1.165) is 66.6 Å². The largest absolute Gasteiger partial charge is 0.457 e. The van der Waals surface area contributed by atoms with E-state index in [2.05, 4.69) is 167 Å². The molecule has 10 aromatic rings. The van der Waals surface area contributed by atoms with E-state index in [1.165, 1.54) is 44.3 Å². The Morgan fingerprint density at radius 1 is 0.475 bits per heavy atom. The van der Waals surface area contributed by atoms with Crippen molar-refractivity contribution in [1.82, 2.24) is 23.8 Å². The molecule has 5 aromatic heterocycles. The molecular weight excluding hydrogens is 723 g/mol. The molecule has 0 aliphatic rings. The van der Waals surface area contributed by atoms with Crippen LogP contribution >= 0.6 is 0 Å². The number of fused-ring (bicyclic) bond motifs is 12. The van der Waals surface area contributed by atoms with Gasteiger partial charge in [0.05, 0.1) is 17.4 Å². The third kappa shape index (κ3) is 5.79. The molecule has 0 aliphatic heterocycles. The monoisotopic (exact) mass is 771 g/mol. The summed E-state index contributed by atoms with van der Waals surface area (Å²) in [5.74, 6) is 2.93. The Balaban J connectivity index is 1.16. The minimum atomic E-state index is 0.344. The molecule has 0 amide bonds. The minimum Gasteiger partial charge on any atom is -0.457 e. The molecule has 0 saturated heterocycles. The number of ether oxygens (including phenoxy) is 1. The van der Waals surface area contributed by atoms with Crippen molar-refractivity contribution < 1.29 is 4.74 Å². The number of hydrogen-bond donors (Lipinski definition) is 0. The van der Waals surface area contributed by atoms with Gasteiger partial charge in [0.25, 0.3) is 0 Å². The van der Waals surface area contributed by atoms with Crippen molar-refractivity contribution >= 4 is 54.8 Å². The Labute approximate surface area is 345 Å². The van der Waals surface area contributed by atoms with E-state index in [1.54, 1.807) is 0 Å². The first-order chi connectivity index (χ1) is 28.6. The van der Waals surface area contributed by atoms with Gasteiger partial charge in [0.15, 0.2) is 0 Å². The van der Waals surface area contributed by atoms with E-state index in [9.17, 15) is 0 Å². The molecule has 0 N–H and O–H groups in total. The van der Waals surface area contributed by atoms with Gasteiger partial charge in [0, 0.05) is 45.7 Å². The summed E-state index contributed by atoms with van der Waals surface area (Å²) in [5.41, 5.74) is 14.0. The number of hydrogen-bond acceptors (Lipinski definition) is 4. The Kier molecular flexibility index (Phi) is 8.78. The molecule has 0 aliphatic carbocycles. The van der Waals surface area contributed by atoms with E-state index in [4.69, 9.17) is 19.7 Å². The van der Waals surface area contributed by atoms with Crippen LogP contribution in [0.3, 0.4) is 0 Å². The number of rotatable bonds is 8. The molecule has 292 valence electrons. The highest BCUT2D eigenvalue weighted by Crippen LogP contribution is 2.44. The molecule has 6 heteroatoms. The van der Waals surface area contributed by atoms with Crippen LogP contribution < -0.4 is 4.74 Å². The van der Waals surface area contributed by atoms with Crippen molar-refractivity contribution in [1.29, 1.82) is 0 Å². The second kappa shape index (κ2) is 14.1. The van der Waals surface area contributed by atoms with Crippen molar-refractivity contribution in [2.24, 2.45) is 0 Å². The van der Waals surface area contributed by atoms with Gasteiger partial charge in [-0.3, -0.25) is 8.80 Å². The van der Waals surface area contributed by atoms with Crippen LogP contribution in [0.4, 0.5) is 0 Å². The summed E-state index contributed by atoms with van der Waals surface area (Å²) >= 11 is 0. The Morgan fingerprint density at radius 3 is 1.68 bits per heavy atom. The maximum absolute atomic E-state index is 6.81. The van der Waals surface area contributed by atoms with Crippen molar-refractivity contribution in [2.75, 3.05) is 0 Å². The summed E-state index contributed by atoms with van der Waals surface area (Å²) in [6, 6.07) is 37.2. The number of pyridine rings is 3. The summed E-state index contributed by atoms with van der Waals surface area (Å²) in [4.78, 5) is 15.0. The topological polar surface area (TPSA) is 56.7 Å². The molecule has 0 unspecified atom stereocenters. The van der Waals surface area contributed by atoms with Crippen LogP contribution in [-0.4, -0.2) is 23.8 Å². The lowest BCUT2D eigenvalue weighted by molar-refractivity contribution is 0.484. The van der Waals surface area contributed by atoms with Crippen molar-refractivity contribution in [3.05, 3.63) is 150 Å². The zero-order chi connectivity index (χ0) is 40.7.